The van der Waals surface area contributed by atoms with Crippen molar-refractivity contribution in [1.82, 2.24) is 30.1 Å². The zero-order chi connectivity index (χ0) is 28.4. The van der Waals surface area contributed by atoms with Gasteiger partial charge in [-0.15, -0.1) is 0 Å². The molecule has 0 aliphatic carbocycles. The number of amides is 2. The van der Waals surface area contributed by atoms with Crippen LogP contribution in [0.4, 0.5) is 19.5 Å². The van der Waals surface area contributed by atoms with Crippen LogP contribution in [0.5, 0.6) is 0 Å². The van der Waals surface area contributed by atoms with Gasteiger partial charge in [-0.2, -0.15) is 15.5 Å². The number of carbonyl (C=O) groups is 2. The molecule has 1 atom stereocenters. The number of piperazine rings is 1. The Hall–Kier alpha value is -4.93. The number of hydrazone groups is 1. The Morgan fingerprint density at radius 2 is 1.98 bits per heavy atom. The van der Waals surface area contributed by atoms with Crippen LogP contribution in [0.2, 0.25) is 0 Å². The molecule has 0 bridgehead atoms. The normalized spacial score (nSPS) is 16.8. The van der Waals surface area contributed by atoms with Gasteiger partial charge in [0, 0.05) is 44.5 Å². The fourth-order valence-electron chi connectivity index (χ4n) is 4.74. The predicted octanol–water partition coefficient (Wildman–Crippen LogP) is 3.18. The van der Waals surface area contributed by atoms with Crippen molar-refractivity contribution >= 4 is 24.2 Å². The molecule has 0 saturated carbocycles. The number of H-pyrrole nitrogens is 1. The summed E-state index contributed by atoms with van der Waals surface area (Å²) in [6.45, 7) is 4.76. The maximum Gasteiger partial charge on any atom is 0.359 e. The highest BCUT2D eigenvalue weighted by atomic mass is 19.1. The minimum atomic E-state index is -0.720. The fraction of sp³-hybridized carbons (Fsp3) is 0.346. The number of nitrogens with zero attached hydrogens (tertiary/aromatic N) is 8. The SMILES string of the molecule is CCOC(=O)c1n[nH]c(C)c1-c1nc(N2CCN(C(=O)N3N=CC[C@H]3c3cc(F)cc(C#N)c3)CC2)ncc1F. The van der Waals surface area contributed by atoms with Gasteiger partial charge in [0.2, 0.25) is 5.95 Å². The van der Waals surface area contributed by atoms with Crippen LogP contribution < -0.4 is 4.90 Å². The molecule has 5 rings (SSSR count). The summed E-state index contributed by atoms with van der Waals surface area (Å²) < 4.78 is 33.9. The molecular weight excluding hydrogens is 524 g/mol. The van der Waals surface area contributed by atoms with Gasteiger partial charge in [0.05, 0.1) is 36.0 Å². The van der Waals surface area contributed by atoms with Crippen LogP contribution >= 0.6 is 0 Å². The van der Waals surface area contributed by atoms with E-state index in [4.69, 9.17) is 4.74 Å². The number of carbonyl (C=O) groups excluding carboxylic acids is 2. The average molecular weight is 550 g/mol. The van der Waals surface area contributed by atoms with Crippen LogP contribution in [0.25, 0.3) is 11.3 Å². The number of hydrogen-bond donors (Lipinski definition) is 1. The Morgan fingerprint density at radius 1 is 1.20 bits per heavy atom. The molecule has 4 heterocycles. The van der Waals surface area contributed by atoms with Crippen LogP contribution in [0, 0.1) is 29.9 Å². The highest BCUT2D eigenvalue weighted by Crippen LogP contribution is 2.31. The molecule has 12 nitrogen and oxygen atoms in total. The number of esters is 1. The van der Waals surface area contributed by atoms with Gasteiger partial charge >= 0.3 is 12.0 Å². The van der Waals surface area contributed by atoms with Crippen molar-refractivity contribution in [2.45, 2.75) is 26.3 Å². The number of benzene rings is 1. The molecule has 2 amide bonds. The zero-order valence-corrected chi connectivity index (χ0v) is 21.8. The fourth-order valence-corrected chi connectivity index (χ4v) is 4.74. The van der Waals surface area contributed by atoms with Gasteiger partial charge in [0.15, 0.2) is 11.5 Å². The second-order valence-corrected chi connectivity index (χ2v) is 9.20. The number of urea groups is 1. The number of anilines is 1. The number of hydrogen-bond acceptors (Lipinski definition) is 9. The summed E-state index contributed by atoms with van der Waals surface area (Å²) in [5.41, 5.74) is 1.15. The van der Waals surface area contributed by atoms with Crippen LogP contribution in [-0.2, 0) is 4.74 Å². The first-order chi connectivity index (χ1) is 19.3. The number of aromatic nitrogens is 4. The van der Waals surface area contributed by atoms with Crippen molar-refractivity contribution < 1.29 is 23.1 Å². The Balaban J connectivity index is 1.30. The molecule has 2 aromatic heterocycles. The smallest absolute Gasteiger partial charge is 0.359 e. The number of aromatic amines is 1. The van der Waals surface area contributed by atoms with Crippen molar-refractivity contribution in [3.8, 4) is 17.3 Å². The molecule has 1 saturated heterocycles. The van der Waals surface area contributed by atoms with Gasteiger partial charge in [-0.25, -0.2) is 33.3 Å². The standard InChI is InChI=1S/C26H25F2N9O3/c1-3-40-24(38)23-21(15(2)33-34-23)22-19(28)14-30-25(32-22)35-6-8-36(9-7-35)26(39)37-20(4-5-31-37)17-10-16(13-29)11-18(27)12-17/h5,10-12,14,20H,3-4,6-9H2,1-2H3,(H,33,34)/t20-/m0/s1. The second-order valence-electron chi connectivity index (χ2n) is 9.20. The summed E-state index contributed by atoms with van der Waals surface area (Å²) in [7, 11) is 0. The highest BCUT2D eigenvalue weighted by Gasteiger charge is 2.34. The lowest BCUT2D eigenvalue weighted by molar-refractivity contribution is 0.0520. The van der Waals surface area contributed by atoms with Crippen molar-refractivity contribution in [1.29, 1.82) is 5.26 Å². The summed E-state index contributed by atoms with van der Waals surface area (Å²) in [5.74, 6) is -1.73. The van der Waals surface area contributed by atoms with Gasteiger partial charge in [0.25, 0.3) is 0 Å². The maximum absolute atomic E-state index is 14.8. The van der Waals surface area contributed by atoms with E-state index < -0.39 is 23.6 Å². The molecular formula is C26H25F2N9O3. The van der Waals surface area contributed by atoms with E-state index in [9.17, 15) is 23.6 Å². The molecule has 40 heavy (non-hydrogen) atoms. The number of rotatable bonds is 5. The third-order valence-electron chi connectivity index (χ3n) is 6.68. The summed E-state index contributed by atoms with van der Waals surface area (Å²) in [4.78, 5) is 37.6. The average Bonchev–Trinajstić information content (AvgIpc) is 3.60. The van der Waals surface area contributed by atoms with Crippen LogP contribution in [0.15, 0.2) is 29.5 Å². The summed E-state index contributed by atoms with van der Waals surface area (Å²) >= 11 is 0. The number of halogens is 2. The van der Waals surface area contributed by atoms with E-state index >= 15 is 0 Å². The van der Waals surface area contributed by atoms with Gasteiger partial charge in [-0.05, 0) is 37.6 Å². The third-order valence-corrected chi connectivity index (χ3v) is 6.68. The Labute approximate surface area is 227 Å². The lowest BCUT2D eigenvalue weighted by Crippen LogP contribution is -2.52. The van der Waals surface area contributed by atoms with E-state index in [0.717, 1.165) is 12.3 Å². The molecule has 1 aromatic carbocycles. The van der Waals surface area contributed by atoms with Crippen molar-refractivity contribution in [3.05, 3.63) is 58.5 Å². The largest absolute Gasteiger partial charge is 0.461 e. The number of nitriles is 1. The molecule has 0 unspecified atom stereocenters. The van der Waals surface area contributed by atoms with Crippen LogP contribution in [0.3, 0.4) is 0 Å². The quantitative estimate of drug-likeness (QED) is 0.478. The molecule has 1 fully saturated rings. The third kappa shape index (κ3) is 5.05. The van der Waals surface area contributed by atoms with E-state index in [1.165, 1.54) is 11.1 Å². The lowest BCUT2D eigenvalue weighted by Gasteiger charge is -2.37. The molecule has 0 radical (unpaired) electrons. The molecule has 1 N–H and O–H groups in total. The van der Waals surface area contributed by atoms with Gasteiger partial charge in [0.1, 0.15) is 11.5 Å². The van der Waals surface area contributed by atoms with E-state index in [-0.39, 0.29) is 41.1 Å². The van der Waals surface area contributed by atoms with E-state index in [1.807, 2.05) is 11.0 Å². The molecule has 3 aromatic rings. The van der Waals surface area contributed by atoms with Crippen molar-refractivity contribution in [3.63, 3.8) is 0 Å². The maximum atomic E-state index is 14.8. The number of ether oxygens (including phenoxy) is 1. The monoisotopic (exact) mass is 549 g/mol. The predicted molar refractivity (Wildman–Crippen MR) is 138 cm³/mol. The van der Waals surface area contributed by atoms with Crippen molar-refractivity contribution in [2.75, 3.05) is 37.7 Å². The van der Waals surface area contributed by atoms with E-state index in [1.54, 1.807) is 31.0 Å². The van der Waals surface area contributed by atoms with Crippen molar-refractivity contribution in [2.24, 2.45) is 5.10 Å². The Bertz CT molecular complexity index is 1530. The van der Waals surface area contributed by atoms with Gasteiger partial charge in [-0.1, -0.05) is 0 Å². The second kappa shape index (κ2) is 11.0. The molecule has 2 aliphatic rings. The molecule has 0 spiro atoms. The minimum absolute atomic E-state index is 0.0702. The first-order valence-corrected chi connectivity index (χ1v) is 12.6. The molecule has 14 heteroatoms. The highest BCUT2D eigenvalue weighted by molar-refractivity contribution is 5.95. The zero-order valence-electron chi connectivity index (χ0n) is 21.8. The number of nitrogens with one attached hydrogen (secondary N) is 1. The van der Waals surface area contributed by atoms with Gasteiger partial charge in [-0.3, -0.25) is 5.10 Å². The molecule has 2 aliphatic heterocycles. The Morgan fingerprint density at radius 3 is 2.70 bits per heavy atom. The summed E-state index contributed by atoms with van der Waals surface area (Å²) in [6, 6.07) is 5.05. The van der Waals surface area contributed by atoms with E-state index in [0.29, 0.717) is 43.9 Å². The Kier molecular flexibility index (Phi) is 7.37. The van der Waals surface area contributed by atoms with Crippen LogP contribution in [0.1, 0.15) is 46.7 Å². The first-order valence-electron chi connectivity index (χ1n) is 12.6. The first kappa shape index (κ1) is 26.7. The molecule has 206 valence electrons. The number of aryl methyl sites for hydroxylation is 1. The van der Waals surface area contributed by atoms with Gasteiger partial charge < -0.3 is 14.5 Å². The summed E-state index contributed by atoms with van der Waals surface area (Å²) in [5, 5.41) is 21.3. The van der Waals surface area contributed by atoms with E-state index in [2.05, 4.69) is 25.3 Å². The lowest BCUT2D eigenvalue weighted by atomic mass is 10.0. The topological polar surface area (TPSA) is 144 Å². The summed E-state index contributed by atoms with van der Waals surface area (Å²) in [6.07, 6.45) is 3.02. The minimum Gasteiger partial charge on any atom is -0.461 e. The van der Waals surface area contributed by atoms with Crippen LogP contribution in [-0.4, -0.2) is 81.1 Å².